The number of piperazine rings is 1. The van der Waals surface area contributed by atoms with Crippen LogP contribution in [0.5, 0.6) is 0 Å². The van der Waals surface area contributed by atoms with Crippen molar-refractivity contribution in [3.05, 3.63) is 12.2 Å². The molecular weight excluding hydrogens is 320 g/mol. The highest BCUT2D eigenvalue weighted by Crippen LogP contribution is 2.20. The molecule has 0 bridgehead atoms. The third kappa shape index (κ3) is 6.69. The molecule has 3 unspecified atom stereocenters. The number of ether oxygens (including phenoxy) is 2. The second kappa shape index (κ2) is 9.80. The van der Waals surface area contributed by atoms with E-state index >= 15 is 0 Å². The quantitative estimate of drug-likeness (QED) is 0.536. The van der Waals surface area contributed by atoms with Gasteiger partial charge in [-0.25, -0.2) is 4.79 Å². The lowest BCUT2D eigenvalue weighted by molar-refractivity contribution is -0.144. The van der Waals surface area contributed by atoms with Crippen molar-refractivity contribution in [2.24, 2.45) is 11.8 Å². The van der Waals surface area contributed by atoms with Gasteiger partial charge in [-0.1, -0.05) is 26.3 Å². The van der Waals surface area contributed by atoms with Crippen molar-refractivity contribution in [2.75, 3.05) is 39.8 Å². The molecule has 1 saturated heterocycles. The van der Waals surface area contributed by atoms with Gasteiger partial charge in [0.15, 0.2) is 0 Å². The molecule has 0 N–H and O–H groups in total. The lowest BCUT2D eigenvalue weighted by atomic mass is 9.95. The minimum Gasteiger partial charge on any atom is -0.465 e. The molecule has 0 radical (unpaired) electrons. The van der Waals surface area contributed by atoms with Gasteiger partial charge < -0.3 is 19.3 Å². The molecule has 0 aromatic rings. The Bertz CT molecular complexity index is 472. The van der Waals surface area contributed by atoms with E-state index in [1.165, 1.54) is 0 Å². The summed E-state index contributed by atoms with van der Waals surface area (Å²) in [5, 5.41) is 0. The Labute approximate surface area is 151 Å². The average molecular weight is 352 g/mol. The molecule has 0 aromatic carbocycles. The topological polar surface area (TPSA) is 59.1 Å². The number of amides is 1. The molecule has 1 amide bonds. The van der Waals surface area contributed by atoms with Crippen molar-refractivity contribution in [2.45, 2.75) is 45.6 Å². The van der Waals surface area contributed by atoms with Gasteiger partial charge in [-0.3, -0.25) is 4.79 Å². The van der Waals surface area contributed by atoms with Crippen LogP contribution in [-0.2, 0) is 14.3 Å². The lowest BCUT2D eigenvalue weighted by Gasteiger charge is -2.33. The highest BCUT2D eigenvalue weighted by molar-refractivity contribution is 5.69. The Kier molecular flexibility index (Phi) is 7.75. The fourth-order valence-electron chi connectivity index (χ4n) is 3.08. The van der Waals surface area contributed by atoms with Crippen LogP contribution < -0.4 is 0 Å². The van der Waals surface area contributed by atoms with Crippen LogP contribution in [0.25, 0.3) is 0 Å². The van der Waals surface area contributed by atoms with Crippen molar-refractivity contribution in [1.29, 1.82) is 0 Å². The van der Waals surface area contributed by atoms with Crippen molar-refractivity contribution < 1.29 is 19.1 Å². The SMILES string of the molecule is CC1/C=C\C(OC(=O)N2CCN(C)CC2)C(C)CCCCC(=O)OC1. The van der Waals surface area contributed by atoms with Crippen molar-refractivity contribution >= 4 is 12.1 Å². The summed E-state index contributed by atoms with van der Waals surface area (Å²) in [6, 6.07) is 0. The number of likely N-dealkylation sites (N-methyl/N-ethyl adjacent to an activating group) is 1. The summed E-state index contributed by atoms with van der Waals surface area (Å²) in [7, 11) is 2.06. The van der Waals surface area contributed by atoms with Gasteiger partial charge in [-0.05, 0) is 31.9 Å². The number of hydrogen-bond donors (Lipinski definition) is 0. The first-order chi connectivity index (χ1) is 12.0. The molecule has 0 aliphatic carbocycles. The number of nitrogens with zero attached hydrogens (tertiary/aromatic N) is 2. The van der Waals surface area contributed by atoms with Gasteiger partial charge in [0, 0.05) is 38.5 Å². The van der Waals surface area contributed by atoms with Crippen LogP contribution >= 0.6 is 0 Å². The summed E-state index contributed by atoms with van der Waals surface area (Å²) in [5.74, 6) is 0.224. The van der Waals surface area contributed by atoms with Gasteiger partial charge in [0.1, 0.15) is 6.10 Å². The average Bonchev–Trinajstić information content (AvgIpc) is 2.59. The fourth-order valence-corrected chi connectivity index (χ4v) is 3.08. The van der Waals surface area contributed by atoms with E-state index in [-0.39, 0.29) is 30.0 Å². The first kappa shape index (κ1) is 19.8. The number of hydrogen-bond acceptors (Lipinski definition) is 5. The summed E-state index contributed by atoms with van der Waals surface area (Å²) in [4.78, 5) is 28.1. The van der Waals surface area contributed by atoms with E-state index in [0.29, 0.717) is 26.1 Å². The van der Waals surface area contributed by atoms with Crippen LogP contribution in [0.1, 0.15) is 39.5 Å². The maximum absolute atomic E-state index is 12.5. The zero-order chi connectivity index (χ0) is 18.2. The molecule has 6 nitrogen and oxygen atoms in total. The standard InChI is InChI=1S/C19H32N2O4/c1-15-8-9-17(16(2)6-4-5-7-18(22)24-14-15)25-19(23)21-12-10-20(3)11-13-21/h8-9,15-17H,4-7,10-14H2,1-3H3/b9-8-. The van der Waals surface area contributed by atoms with E-state index in [0.717, 1.165) is 32.4 Å². The Morgan fingerprint density at radius 2 is 1.88 bits per heavy atom. The Morgan fingerprint density at radius 3 is 2.60 bits per heavy atom. The number of cyclic esters (lactones) is 1. The molecule has 2 aliphatic rings. The maximum atomic E-state index is 12.5. The predicted molar refractivity (Wildman–Crippen MR) is 96.2 cm³/mol. The monoisotopic (exact) mass is 352 g/mol. The molecule has 142 valence electrons. The van der Waals surface area contributed by atoms with Crippen LogP contribution in [0.2, 0.25) is 0 Å². The van der Waals surface area contributed by atoms with E-state index in [9.17, 15) is 9.59 Å². The van der Waals surface area contributed by atoms with Crippen LogP contribution in [0, 0.1) is 11.8 Å². The molecule has 0 spiro atoms. The van der Waals surface area contributed by atoms with Crippen LogP contribution in [-0.4, -0.2) is 67.8 Å². The number of rotatable bonds is 1. The Morgan fingerprint density at radius 1 is 1.16 bits per heavy atom. The molecule has 2 heterocycles. The lowest BCUT2D eigenvalue weighted by Crippen LogP contribution is -2.48. The Hall–Kier alpha value is -1.56. The molecule has 3 atom stereocenters. The minimum atomic E-state index is -0.232. The minimum absolute atomic E-state index is 0.111. The van der Waals surface area contributed by atoms with Crippen molar-refractivity contribution in [1.82, 2.24) is 9.80 Å². The second-order valence-corrected chi connectivity index (χ2v) is 7.41. The van der Waals surface area contributed by atoms with Gasteiger partial charge in [-0.2, -0.15) is 0 Å². The molecule has 25 heavy (non-hydrogen) atoms. The molecule has 0 saturated carbocycles. The van der Waals surface area contributed by atoms with Crippen LogP contribution in [0.3, 0.4) is 0 Å². The molecule has 0 aromatic heterocycles. The molecule has 2 rings (SSSR count). The summed E-state index contributed by atoms with van der Waals surface area (Å²) < 4.78 is 11.1. The third-order valence-electron chi connectivity index (χ3n) is 4.99. The molecular formula is C19H32N2O4. The van der Waals surface area contributed by atoms with E-state index in [4.69, 9.17) is 9.47 Å². The largest absolute Gasteiger partial charge is 0.465 e. The summed E-state index contributed by atoms with van der Waals surface area (Å²) in [6.45, 7) is 7.68. The first-order valence-electron chi connectivity index (χ1n) is 9.43. The maximum Gasteiger partial charge on any atom is 0.410 e. The molecule has 6 heteroatoms. The highest BCUT2D eigenvalue weighted by atomic mass is 16.6. The summed E-state index contributed by atoms with van der Waals surface area (Å²) in [6.07, 6.45) is 6.65. The van der Waals surface area contributed by atoms with Gasteiger partial charge in [0.2, 0.25) is 0 Å². The third-order valence-corrected chi connectivity index (χ3v) is 4.99. The number of carbonyl (C=O) groups is 2. The normalized spacial score (nSPS) is 31.4. The van der Waals surface area contributed by atoms with Gasteiger partial charge >= 0.3 is 12.1 Å². The smallest absolute Gasteiger partial charge is 0.410 e. The van der Waals surface area contributed by atoms with E-state index < -0.39 is 0 Å². The number of carbonyl (C=O) groups excluding carboxylic acids is 2. The fraction of sp³-hybridized carbons (Fsp3) is 0.789. The van der Waals surface area contributed by atoms with Gasteiger partial charge in [0.25, 0.3) is 0 Å². The van der Waals surface area contributed by atoms with Crippen LogP contribution in [0.4, 0.5) is 4.79 Å². The van der Waals surface area contributed by atoms with E-state index in [1.807, 2.05) is 19.1 Å². The van der Waals surface area contributed by atoms with Gasteiger partial charge in [0.05, 0.1) is 6.61 Å². The zero-order valence-corrected chi connectivity index (χ0v) is 15.8. The zero-order valence-electron chi connectivity index (χ0n) is 15.8. The first-order valence-corrected chi connectivity index (χ1v) is 9.43. The number of esters is 1. The van der Waals surface area contributed by atoms with E-state index in [1.54, 1.807) is 4.90 Å². The van der Waals surface area contributed by atoms with Gasteiger partial charge in [-0.15, -0.1) is 0 Å². The van der Waals surface area contributed by atoms with Crippen molar-refractivity contribution in [3.8, 4) is 0 Å². The second-order valence-electron chi connectivity index (χ2n) is 7.41. The van der Waals surface area contributed by atoms with Crippen molar-refractivity contribution in [3.63, 3.8) is 0 Å². The Balaban J connectivity index is 1.97. The highest BCUT2D eigenvalue weighted by Gasteiger charge is 2.25. The predicted octanol–water partition coefficient (Wildman–Crippen LogP) is 2.68. The summed E-state index contributed by atoms with van der Waals surface area (Å²) >= 11 is 0. The molecule has 2 aliphatic heterocycles. The molecule has 1 fully saturated rings. The van der Waals surface area contributed by atoms with Crippen LogP contribution in [0.15, 0.2) is 12.2 Å². The van der Waals surface area contributed by atoms with E-state index in [2.05, 4.69) is 18.9 Å². The summed E-state index contributed by atoms with van der Waals surface area (Å²) in [5.41, 5.74) is 0.